The van der Waals surface area contributed by atoms with Crippen molar-refractivity contribution in [1.29, 1.82) is 0 Å². The third-order valence-corrected chi connectivity index (χ3v) is 4.88. The first-order chi connectivity index (χ1) is 10.2. The molecule has 1 nitrogen and oxygen atoms in total. The SMILES string of the molecule is CC(C)C(C)(C)c1ccc(OC(C)(C)c2ccccc2)cc1. The molecule has 0 fully saturated rings. The molecule has 0 saturated carbocycles. The number of ether oxygens (including phenoxy) is 1. The Morgan fingerprint density at radius 2 is 1.27 bits per heavy atom. The first kappa shape index (κ1) is 16.6. The van der Waals surface area contributed by atoms with Crippen molar-refractivity contribution in [2.24, 2.45) is 5.92 Å². The second-order valence-electron chi connectivity index (χ2n) is 7.38. The van der Waals surface area contributed by atoms with Crippen LogP contribution in [0.25, 0.3) is 0 Å². The number of hydrogen-bond acceptors (Lipinski definition) is 1. The summed E-state index contributed by atoms with van der Waals surface area (Å²) in [5.74, 6) is 1.51. The molecule has 0 aliphatic heterocycles. The maximum atomic E-state index is 6.22. The highest BCUT2D eigenvalue weighted by Crippen LogP contribution is 2.33. The summed E-state index contributed by atoms with van der Waals surface area (Å²) >= 11 is 0. The van der Waals surface area contributed by atoms with E-state index in [4.69, 9.17) is 4.74 Å². The fourth-order valence-electron chi connectivity index (χ4n) is 2.48. The summed E-state index contributed by atoms with van der Waals surface area (Å²) in [5.41, 5.74) is 2.37. The zero-order valence-corrected chi connectivity index (χ0v) is 14.7. The van der Waals surface area contributed by atoms with Gasteiger partial charge in [-0.3, -0.25) is 0 Å². The molecule has 118 valence electrons. The van der Waals surface area contributed by atoms with Crippen molar-refractivity contribution in [1.82, 2.24) is 0 Å². The van der Waals surface area contributed by atoms with Crippen molar-refractivity contribution < 1.29 is 4.74 Å². The number of benzene rings is 2. The molecule has 0 unspecified atom stereocenters. The van der Waals surface area contributed by atoms with Crippen LogP contribution in [0.3, 0.4) is 0 Å². The van der Waals surface area contributed by atoms with Crippen LogP contribution in [-0.2, 0) is 11.0 Å². The van der Waals surface area contributed by atoms with Gasteiger partial charge in [-0.25, -0.2) is 0 Å². The van der Waals surface area contributed by atoms with E-state index in [0.29, 0.717) is 5.92 Å². The van der Waals surface area contributed by atoms with Gasteiger partial charge in [-0.15, -0.1) is 0 Å². The summed E-state index contributed by atoms with van der Waals surface area (Å²) in [6.07, 6.45) is 0. The normalized spacial score (nSPS) is 12.5. The van der Waals surface area contributed by atoms with Gasteiger partial charge in [0, 0.05) is 0 Å². The number of hydrogen-bond donors (Lipinski definition) is 0. The van der Waals surface area contributed by atoms with Gasteiger partial charge in [0.2, 0.25) is 0 Å². The quantitative estimate of drug-likeness (QED) is 0.664. The summed E-state index contributed by atoms with van der Waals surface area (Å²) < 4.78 is 6.22. The molecule has 0 N–H and O–H groups in total. The molecule has 0 amide bonds. The lowest BCUT2D eigenvalue weighted by molar-refractivity contribution is 0.109. The Morgan fingerprint density at radius 1 is 0.727 bits per heavy atom. The van der Waals surface area contributed by atoms with E-state index in [9.17, 15) is 0 Å². The molecule has 0 saturated heterocycles. The summed E-state index contributed by atoms with van der Waals surface area (Å²) in [5, 5.41) is 0. The van der Waals surface area contributed by atoms with Gasteiger partial charge in [-0.05, 0) is 48.4 Å². The van der Waals surface area contributed by atoms with Crippen molar-refractivity contribution in [2.75, 3.05) is 0 Å². The van der Waals surface area contributed by atoms with Crippen LogP contribution < -0.4 is 4.74 Å². The standard InChI is InChI=1S/C21H28O/c1-16(2)20(3,4)17-12-14-19(15-13-17)22-21(5,6)18-10-8-7-9-11-18/h7-16H,1-6H3. The fraction of sp³-hybridized carbons (Fsp3) is 0.429. The zero-order valence-electron chi connectivity index (χ0n) is 14.7. The molecule has 2 aromatic carbocycles. The van der Waals surface area contributed by atoms with Crippen LogP contribution in [-0.4, -0.2) is 0 Å². The molecule has 0 atom stereocenters. The lowest BCUT2D eigenvalue weighted by Gasteiger charge is -2.31. The molecule has 0 radical (unpaired) electrons. The maximum Gasteiger partial charge on any atom is 0.128 e. The Balaban J connectivity index is 2.18. The van der Waals surface area contributed by atoms with Crippen LogP contribution >= 0.6 is 0 Å². The summed E-state index contributed by atoms with van der Waals surface area (Å²) in [4.78, 5) is 0. The highest BCUT2D eigenvalue weighted by atomic mass is 16.5. The minimum atomic E-state index is -0.337. The van der Waals surface area contributed by atoms with Crippen molar-refractivity contribution in [3.05, 3.63) is 65.7 Å². The molecule has 0 bridgehead atoms. The molecular weight excluding hydrogens is 268 g/mol. The van der Waals surface area contributed by atoms with Gasteiger partial charge in [0.1, 0.15) is 11.4 Å². The Labute approximate surface area is 135 Å². The van der Waals surface area contributed by atoms with Crippen molar-refractivity contribution >= 4 is 0 Å². The highest BCUT2D eigenvalue weighted by Gasteiger charge is 2.25. The molecule has 0 aliphatic rings. The maximum absolute atomic E-state index is 6.22. The Bertz CT molecular complexity index is 592. The van der Waals surface area contributed by atoms with Crippen LogP contribution in [0, 0.1) is 5.92 Å². The smallest absolute Gasteiger partial charge is 0.128 e. The monoisotopic (exact) mass is 296 g/mol. The third kappa shape index (κ3) is 3.52. The average molecular weight is 296 g/mol. The first-order valence-electron chi connectivity index (χ1n) is 8.08. The molecule has 2 rings (SSSR count). The average Bonchev–Trinajstić information content (AvgIpc) is 2.48. The fourth-order valence-corrected chi connectivity index (χ4v) is 2.48. The van der Waals surface area contributed by atoms with E-state index < -0.39 is 0 Å². The molecule has 2 aromatic rings. The molecule has 22 heavy (non-hydrogen) atoms. The molecule has 0 aliphatic carbocycles. The van der Waals surface area contributed by atoms with E-state index in [0.717, 1.165) is 5.75 Å². The van der Waals surface area contributed by atoms with Crippen LogP contribution in [0.4, 0.5) is 0 Å². The Morgan fingerprint density at radius 3 is 1.77 bits per heavy atom. The van der Waals surface area contributed by atoms with Crippen LogP contribution in [0.15, 0.2) is 54.6 Å². The lowest BCUT2D eigenvalue weighted by atomic mass is 9.75. The molecule has 1 heteroatoms. The van der Waals surface area contributed by atoms with Gasteiger partial charge in [0.05, 0.1) is 0 Å². The van der Waals surface area contributed by atoms with E-state index in [1.807, 2.05) is 6.07 Å². The van der Waals surface area contributed by atoms with Gasteiger partial charge < -0.3 is 4.74 Å². The largest absolute Gasteiger partial charge is 0.483 e. The Hall–Kier alpha value is -1.76. The molecule has 0 heterocycles. The van der Waals surface area contributed by atoms with Crippen LogP contribution in [0.2, 0.25) is 0 Å². The lowest BCUT2D eigenvalue weighted by Crippen LogP contribution is -2.26. The van der Waals surface area contributed by atoms with Gasteiger partial charge in [0.15, 0.2) is 0 Å². The van der Waals surface area contributed by atoms with E-state index in [1.54, 1.807) is 0 Å². The predicted molar refractivity (Wildman–Crippen MR) is 94.4 cm³/mol. The predicted octanol–water partition coefficient (Wildman–Crippen LogP) is 5.93. The summed E-state index contributed by atoms with van der Waals surface area (Å²) in [6, 6.07) is 18.9. The second kappa shape index (κ2) is 6.16. The zero-order chi connectivity index (χ0) is 16.4. The molecule has 0 spiro atoms. The topological polar surface area (TPSA) is 9.23 Å². The minimum Gasteiger partial charge on any atom is -0.483 e. The van der Waals surface area contributed by atoms with Gasteiger partial charge in [-0.2, -0.15) is 0 Å². The molecular formula is C21H28O. The van der Waals surface area contributed by atoms with E-state index in [2.05, 4.69) is 90.1 Å². The summed E-state index contributed by atoms with van der Waals surface area (Å²) in [7, 11) is 0. The third-order valence-electron chi connectivity index (χ3n) is 4.88. The summed E-state index contributed by atoms with van der Waals surface area (Å²) in [6.45, 7) is 13.3. The van der Waals surface area contributed by atoms with Crippen LogP contribution in [0.1, 0.15) is 52.7 Å². The Kier molecular flexibility index (Phi) is 4.65. The van der Waals surface area contributed by atoms with Crippen LogP contribution in [0.5, 0.6) is 5.75 Å². The molecule has 0 aromatic heterocycles. The number of rotatable bonds is 5. The van der Waals surface area contributed by atoms with Crippen molar-refractivity contribution in [3.63, 3.8) is 0 Å². The van der Waals surface area contributed by atoms with E-state index >= 15 is 0 Å². The van der Waals surface area contributed by atoms with Gasteiger partial charge in [0.25, 0.3) is 0 Å². The van der Waals surface area contributed by atoms with E-state index in [1.165, 1.54) is 11.1 Å². The minimum absolute atomic E-state index is 0.174. The van der Waals surface area contributed by atoms with Gasteiger partial charge in [-0.1, -0.05) is 70.2 Å². The first-order valence-corrected chi connectivity index (χ1v) is 8.08. The highest BCUT2D eigenvalue weighted by molar-refractivity contribution is 5.33. The van der Waals surface area contributed by atoms with Crippen molar-refractivity contribution in [3.8, 4) is 5.75 Å². The van der Waals surface area contributed by atoms with Crippen molar-refractivity contribution in [2.45, 2.75) is 52.6 Å². The van der Waals surface area contributed by atoms with E-state index in [-0.39, 0.29) is 11.0 Å². The van der Waals surface area contributed by atoms with Gasteiger partial charge >= 0.3 is 0 Å². The second-order valence-corrected chi connectivity index (χ2v) is 7.38.